The van der Waals surface area contributed by atoms with Crippen molar-refractivity contribution in [2.45, 2.75) is 18.6 Å². The molecule has 84 valence electrons. The summed E-state index contributed by atoms with van der Waals surface area (Å²) in [6.45, 7) is 0. The van der Waals surface area contributed by atoms with Crippen LogP contribution >= 0.6 is 31.9 Å². The number of halogens is 3. The Balaban J connectivity index is 2.81. The molecule has 0 aliphatic carbocycles. The molecule has 2 atom stereocenters. The first-order valence-electron chi connectivity index (χ1n) is 4.43. The van der Waals surface area contributed by atoms with Crippen LogP contribution in [0, 0.1) is 5.82 Å². The van der Waals surface area contributed by atoms with Gasteiger partial charge >= 0.3 is 0 Å². The van der Waals surface area contributed by atoms with Gasteiger partial charge in [0, 0.05) is 5.33 Å². The average Bonchev–Trinajstić information content (AvgIpc) is 2.21. The normalized spacial score (nSPS) is 15.0. The minimum Gasteiger partial charge on any atom is -0.390 e. The van der Waals surface area contributed by atoms with Gasteiger partial charge < -0.3 is 10.2 Å². The molecule has 0 heterocycles. The molecule has 0 amide bonds. The van der Waals surface area contributed by atoms with Crippen LogP contribution in [0.2, 0.25) is 0 Å². The van der Waals surface area contributed by atoms with E-state index in [2.05, 4.69) is 31.9 Å². The monoisotopic (exact) mass is 340 g/mol. The first-order chi connectivity index (χ1) is 7.06. The lowest BCUT2D eigenvalue weighted by Crippen LogP contribution is -2.18. The minimum absolute atomic E-state index is 0.341. The van der Waals surface area contributed by atoms with Gasteiger partial charge in [-0.1, -0.05) is 22.0 Å². The van der Waals surface area contributed by atoms with Crippen molar-refractivity contribution in [2.75, 3.05) is 5.33 Å². The summed E-state index contributed by atoms with van der Waals surface area (Å²) in [7, 11) is 0. The Morgan fingerprint density at radius 1 is 1.33 bits per heavy atom. The summed E-state index contributed by atoms with van der Waals surface area (Å²) in [4.78, 5) is 0. The zero-order valence-corrected chi connectivity index (χ0v) is 11.0. The van der Waals surface area contributed by atoms with Gasteiger partial charge in [0.25, 0.3) is 0 Å². The lowest BCUT2D eigenvalue weighted by Gasteiger charge is -2.17. The van der Waals surface area contributed by atoms with E-state index in [-0.39, 0.29) is 0 Å². The fraction of sp³-hybridized carbons (Fsp3) is 0.400. The Hall–Kier alpha value is 0.0300. The van der Waals surface area contributed by atoms with E-state index in [0.717, 1.165) is 0 Å². The molecule has 2 N–H and O–H groups in total. The van der Waals surface area contributed by atoms with Crippen LogP contribution in [0.4, 0.5) is 4.39 Å². The number of aliphatic hydroxyl groups is 2. The summed E-state index contributed by atoms with van der Waals surface area (Å²) in [6, 6.07) is 4.30. The fourth-order valence-electron chi connectivity index (χ4n) is 1.19. The Labute approximate surface area is 104 Å². The van der Waals surface area contributed by atoms with Crippen LogP contribution in [0.3, 0.4) is 0 Å². The van der Waals surface area contributed by atoms with Crippen LogP contribution in [0.1, 0.15) is 18.1 Å². The van der Waals surface area contributed by atoms with Crippen LogP contribution in [-0.2, 0) is 0 Å². The fourth-order valence-corrected chi connectivity index (χ4v) is 1.90. The predicted octanol–water partition coefficient (Wildman–Crippen LogP) is 2.77. The van der Waals surface area contributed by atoms with Crippen molar-refractivity contribution in [3.63, 3.8) is 0 Å². The molecule has 0 saturated heterocycles. The molecule has 0 aliphatic rings. The lowest BCUT2D eigenvalue weighted by molar-refractivity contribution is 0.0172. The summed E-state index contributed by atoms with van der Waals surface area (Å²) >= 11 is 6.18. The van der Waals surface area contributed by atoms with Crippen LogP contribution in [-0.4, -0.2) is 21.6 Å². The van der Waals surface area contributed by atoms with Gasteiger partial charge in [0.15, 0.2) is 0 Å². The van der Waals surface area contributed by atoms with E-state index in [1.165, 1.54) is 12.1 Å². The zero-order valence-electron chi connectivity index (χ0n) is 7.83. The summed E-state index contributed by atoms with van der Waals surface area (Å²) in [5, 5.41) is 19.8. The molecular weight excluding hydrogens is 331 g/mol. The third-order valence-electron chi connectivity index (χ3n) is 2.05. The van der Waals surface area contributed by atoms with Gasteiger partial charge in [0.05, 0.1) is 10.6 Å². The van der Waals surface area contributed by atoms with Gasteiger partial charge in [-0.25, -0.2) is 4.39 Å². The van der Waals surface area contributed by atoms with Gasteiger partial charge in [0.1, 0.15) is 11.9 Å². The Kier molecular flexibility index (Phi) is 5.18. The molecule has 1 aromatic rings. The first-order valence-corrected chi connectivity index (χ1v) is 6.34. The van der Waals surface area contributed by atoms with E-state index in [1.807, 2.05) is 0 Å². The zero-order chi connectivity index (χ0) is 11.4. The maximum atomic E-state index is 13.1. The predicted molar refractivity (Wildman–Crippen MR) is 63.5 cm³/mol. The summed E-state index contributed by atoms with van der Waals surface area (Å²) in [5.74, 6) is -0.447. The average molecular weight is 342 g/mol. The van der Waals surface area contributed by atoms with Crippen molar-refractivity contribution in [2.24, 2.45) is 0 Å². The lowest BCUT2D eigenvalue weighted by atomic mass is 10.0. The maximum absolute atomic E-state index is 13.1. The molecule has 0 saturated carbocycles. The number of hydrogen-bond acceptors (Lipinski definition) is 2. The Morgan fingerprint density at radius 3 is 2.53 bits per heavy atom. The van der Waals surface area contributed by atoms with E-state index in [4.69, 9.17) is 0 Å². The SMILES string of the molecule is OC(CCBr)C(O)c1ccc(Br)c(F)c1. The number of hydrogen-bond donors (Lipinski definition) is 2. The largest absolute Gasteiger partial charge is 0.390 e. The van der Waals surface area contributed by atoms with E-state index < -0.39 is 18.0 Å². The molecule has 5 heteroatoms. The number of aliphatic hydroxyl groups excluding tert-OH is 2. The first kappa shape index (κ1) is 13.1. The molecule has 1 aromatic carbocycles. The smallest absolute Gasteiger partial charge is 0.137 e. The highest BCUT2D eigenvalue weighted by Gasteiger charge is 2.18. The maximum Gasteiger partial charge on any atom is 0.137 e. The molecule has 2 unspecified atom stereocenters. The van der Waals surface area contributed by atoms with E-state index >= 15 is 0 Å². The molecule has 0 radical (unpaired) electrons. The molecule has 0 spiro atoms. The van der Waals surface area contributed by atoms with Crippen LogP contribution in [0.5, 0.6) is 0 Å². The van der Waals surface area contributed by atoms with E-state index in [0.29, 0.717) is 21.8 Å². The summed E-state index contributed by atoms with van der Waals surface area (Å²) < 4.78 is 13.5. The molecule has 0 bridgehead atoms. The van der Waals surface area contributed by atoms with Crippen LogP contribution < -0.4 is 0 Å². The highest BCUT2D eigenvalue weighted by Crippen LogP contribution is 2.23. The van der Waals surface area contributed by atoms with Crippen molar-refractivity contribution < 1.29 is 14.6 Å². The van der Waals surface area contributed by atoms with Crippen LogP contribution in [0.15, 0.2) is 22.7 Å². The quantitative estimate of drug-likeness (QED) is 0.827. The third kappa shape index (κ3) is 3.52. The Bertz CT molecular complexity index is 333. The van der Waals surface area contributed by atoms with Crippen molar-refractivity contribution in [3.8, 4) is 0 Å². The van der Waals surface area contributed by atoms with Gasteiger partial charge in [-0.2, -0.15) is 0 Å². The van der Waals surface area contributed by atoms with Crippen molar-refractivity contribution in [3.05, 3.63) is 34.1 Å². The van der Waals surface area contributed by atoms with Crippen LogP contribution in [0.25, 0.3) is 0 Å². The summed E-state index contributed by atoms with van der Waals surface area (Å²) in [5.41, 5.74) is 0.379. The number of rotatable bonds is 4. The second-order valence-electron chi connectivity index (χ2n) is 3.16. The number of benzene rings is 1. The molecule has 0 fully saturated rings. The highest BCUT2D eigenvalue weighted by molar-refractivity contribution is 9.10. The van der Waals surface area contributed by atoms with Gasteiger partial charge in [-0.15, -0.1) is 0 Å². The molecule has 0 aliphatic heterocycles. The molecule has 0 aromatic heterocycles. The Morgan fingerprint density at radius 2 is 2.00 bits per heavy atom. The van der Waals surface area contributed by atoms with Crippen molar-refractivity contribution in [1.82, 2.24) is 0 Å². The summed E-state index contributed by atoms with van der Waals surface area (Å²) in [6.07, 6.45) is -1.52. The van der Waals surface area contributed by atoms with E-state index in [9.17, 15) is 14.6 Å². The minimum atomic E-state index is -1.05. The van der Waals surface area contributed by atoms with Crippen molar-refractivity contribution >= 4 is 31.9 Å². The highest BCUT2D eigenvalue weighted by atomic mass is 79.9. The molecule has 1 rings (SSSR count). The van der Waals surface area contributed by atoms with E-state index in [1.54, 1.807) is 6.07 Å². The topological polar surface area (TPSA) is 40.5 Å². The number of alkyl halides is 1. The van der Waals surface area contributed by atoms with Gasteiger partial charge in [0.2, 0.25) is 0 Å². The standard InChI is InChI=1S/C10H11Br2FO2/c11-4-3-9(14)10(15)6-1-2-7(12)8(13)5-6/h1-2,5,9-10,14-15H,3-4H2. The molecular formula is C10H11Br2FO2. The van der Waals surface area contributed by atoms with Gasteiger partial charge in [-0.3, -0.25) is 0 Å². The second-order valence-corrected chi connectivity index (χ2v) is 4.81. The molecule has 2 nitrogen and oxygen atoms in total. The molecule has 15 heavy (non-hydrogen) atoms. The third-order valence-corrected chi connectivity index (χ3v) is 3.16. The van der Waals surface area contributed by atoms with Gasteiger partial charge in [-0.05, 0) is 40.0 Å². The van der Waals surface area contributed by atoms with Crippen molar-refractivity contribution in [1.29, 1.82) is 0 Å². The second kappa shape index (κ2) is 5.94.